The van der Waals surface area contributed by atoms with Crippen LogP contribution in [-0.4, -0.2) is 39.6 Å². The van der Waals surface area contributed by atoms with E-state index in [9.17, 15) is 18.0 Å². The first-order valence-electron chi connectivity index (χ1n) is 7.80. The second-order valence-corrected chi connectivity index (χ2v) is 7.92. The number of halogens is 1. The van der Waals surface area contributed by atoms with Crippen molar-refractivity contribution in [3.63, 3.8) is 0 Å². The zero-order valence-corrected chi connectivity index (χ0v) is 16.3. The number of carbonyl (C=O) groups is 2. The summed E-state index contributed by atoms with van der Waals surface area (Å²) in [5.41, 5.74) is 1.39. The number of hydrogen-bond donors (Lipinski definition) is 1. The molecule has 0 aliphatic carbocycles. The maximum Gasteiger partial charge on any atom is 0.344 e. The first-order chi connectivity index (χ1) is 12.6. The molecule has 0 bridgehead atoms. The van der Waals surface area contributed by atoms with E-state index in [-0.39, 0.29) is 12.2 Å². The number of rotatable bonds is 8. The number of ketones is 1. The van der Waals surface area contributed by atoms with Gasteiger partial charge in [-0.05, 0) is 55.0 Å². The van der Waals surface area contributed by atoms with Crippen LogP contribution in [0.3, 0.4) is 0 Å². The monoisotopic (exact) mass is 411 g/mol. The number of nitrogens with one attached hydrogen (secondary N) is 1. The van der Waals surface area contributed by atoms with Gasteiger partial charge in [0.15, 0.2) is 19.0 Å². The number of ether oxygens (including phenoxy) is 2. The first kappa shape index (κ1) is 20.7. The van der Waals surface area contributed by atoms with E-state index >= 15 is 0 Å². The molecular formula is C18H18ClNO6S. The van der Waals surface area contributed by atoms with Crippen molar-refractivity contribution < 1.29 is 27.5 Å². The summed E-state index contributed by atoms with van der Waals surface area (Å²) in [6.45, 7) is 1.01. The van der Waals surface area contributed by atoms with Crippen molar-refractivity contribution >= 4 is 39.1 Å². The van der Waals surface area contributed by atoms with Gasteiger partial charge in [0.25, 0.3) is 0 Å². The summed E-state index contributed by atoms with van der Waals surface area (Å²) in [5.74, 6) is -0.610. The van der Waals surface area contributed by atoms with Crippen LogP contribution in [0.2, 0.25) is 5.02 Å². The number of sulfonamides is 1. The molecule has 0 aromatic heterocycles. The van der Waals surface area contributed by atoms with Crippen molar-refractivity contribution in [2.24, 2.45) is 0 Å². The van der Waals surface area contributed by atoms with Gasteiger partial charge in [-0.2, -0.15) is 0 Å². The molecule has 2 aromatic carbocycles. The second kappa shape index (κ2) is 8.88. The van der Waals surface area contributed by atoms with Gasteiger partial charge in [-0.25, -0.2) is 13.2 Å². The molecule has 0 atom stereocenters. The zero-order chi connectivity index (χ0) is 20.0. The van der Waals surface area contributed by atoms with E-state index in [0.717, 1.165) is 11.8 Å². The highest BCUT2D eigenvalue weighted by molar-refractivity contribution is 7.92. The average molecular weight is 412 g/mol. The molecule has 0 radical (unpaired) electrons. The van der Waals surface area contributed by atoms with Crippen LogP contribution >= 0.6 is 11.6 Å². The van der Waals surface area contributed by atoms with Crippen molar-refractivity contribution in [1.82, 2.24) is 0 Å². The Labute approximate surface area is 162 Å². The van der Waals surface area contributed by atoms with Crippen LogP contribution in [0.4, 0.5) is 5.69 Å². The Morgan fingerprint density at radius 1 is 1.07 bits per heavy atom. The topological polar surface area (TPSA) is 98.8 Å². The molecule has 1 N–H and O–H groups in total. The van der Waals surface area contributed by atoms with E-state index in [2.05, 4.69) is 4.72 Å². The molecule has 0 spiro atoms. The van der Waals surface area contributed by atoms with Crippen LogP contribution in [-0.2, 0) is 19.6 Å². The maximum absolute atomic E-state index is 12.0. The molecule has 2 aromatic rings. The highest BCUT2D eigenvalue weighted by Crippen LogP contribution is 2.21. The van der Waals surface area contributed by atoms with Crippen molar-refractivity contribution in [1.29, 1.82) is 0 Å². The molecule has 0 amide bonds. The molecule has 0 saturated carbocycles. The third-order valence-electron chi connectivity index (χ3n) is 3.36. The number of hydrogen-bond acceptors (Lipinski definition) is 6. The minimum Gasteiger partial charge on any atom is -0.482 e. The standard InChI is InChI=1S/C18H18ClNO6S/c1-12-9-14(19)5-8-17(12)25-11-18(22)26-10-16(21)13-3-6-15(7-4-13)20-27(2,23)24/h3-9,20H,10-11H2,1-2H3. The predicted octanol–water partition coefficient (Wildman–Crippen LogP) is 2.82. The molecule has 9 heteroatoms. The minimum absolute atomic E-state index is 0.288. The van der Waals surface area contributed by atoms with Gasteiger partial charge in [-0.3, -0.25) is 9.52 Å². The molecule has 0 saturated heterocycles. The molecule has 7 nitrogen and oxygen atoms in total. The largest absolute Gasteiger partial charge is 0.482 e. The van der Waals surface area contributed by atoms with Crippen LogP contribution in [0.25, 0.3) is 0 Å². The second-order valence-electron chi connectivity index (χ2n) is 5.73. The highest BCUT2D eigenvalue weighted by atomic mass is 35.5. The Morgan fingerprint density at radius 2 is 1.74 bits per heavy atom. The SMILES string of the molecule is Cc1cc(Cl)ccc1OCC(=O)OCC(=O)c1ccc(NS(C)(=O)=O)cc1. The van der Waals surface area contributed by atoms with Crippen LogP contribution in [0, 0.1) is 6.92 Å². The van der Waals surface area contributed by atoms with E-state index in [1.54, 1.807) is 25.1 Å². The van der Waals surface area contributed by atoms with Crippen LogP contribution in [0.15, 0.2) is 42.5 Å². The lowest BCUT2D eigenvalue weighted by molar-refractivity contribution is -0.144. The van der Waals surface area contributed by atoms with E-state index in [0.29, 0.717) is 16.5 Å². The summed E-state index contributed by atoms with van der Waals surface area (Å²) in [6, 6.07) is 10.8. The Balaban J connectivity index is 1.83. The zero-order valence-electron chi connectivity index (χ0n) is 14.7. The van der Waals surface area contributed by atoms with Gasteiger partial charge in [0.2, 0.25) is 10.0 Å². The van der Waals surface area contributed by atoms with Crippen molar-refractivity contribution in [3.8, 4) is 5.75 Å². The van der Waals surface area contributed by atoms with Crippen LogP contribution < -0.4 is 9.46 Å². The van der Waals surface area contributed by atoms with Crippen molar-refractivity contribution in [2.75, 3.05) is 24.2 Å². The summed E-state index contributed by atoms with van der Waals surface area (Å²) in [5, 5.41) is 0.561. The third kappa shape index (κ3) is 6.92. The van der Waals surface area contributed by atoms with E-state index in [4.69, 9.17) is 21.1 Å². The van der Waals surface area contributed by atoms with Gasteiger partial charge in [-0.15, -0.1) is 0 Å². The fourth-order valence-electron chi connectivity index (χ4n) is 2.12. The number of Topliss-reactive ketones (excluding diaryl/α,β-unsaturated/α-hetero) is 1. The fraction of sp³-hybridized carbons (Fsp3) is 0.222. The number of benzene rings is 2. The number of anilines is 1. The molecule has 0 aliphatic heterocycles. The van der Waals surface area contributed by atoms with Gasteiger partial charge in [0, 0.05) is 16.3 Å². The summed E-state index contributed by atoms with van der Waals surface area (Å²) >= 11 is 5.85. The van der Waals surface area contributed by atoms with Gasteiger partial charge >= 0.3 is 5.97 Å². The van der Waals surface area contributed by atoms with Gasteiger partial charge in [0.05, 0.1) is 6.26 Å². The highest BCUT2D eigenvalue weighted by Gasteiger charge is 2.12. The van der Waals surface area contributed by atoms with E-state index < -0.39 is 28.4 Å². The summed E-state index contributed by atoms with van der Waals surface area (Å²) in [4.78, 5) is 23.8. The minimum atomic E-state index is -3.39. The number of carbonyl (C=O) groups excluding carboxylic acids is 2. The lowest BCUT2D eigenvalue weighted by atomic mass is 10.1. The fourth-order valence-corrected chi connectivity index (χ4v) is 2.91. The smallest absolute Gasteiger partial charge is 0.344 e. The molecule has 27 heavy (non-hydrogen) atoms. The molecule has 144 valence electrons. The Morgan fingerprint density at radius 3 is 2.33 bits per heavy atom. The van der Waals surface area contributed by atoms with Gasteiger partial charge in [-0.1, -0.05) is 11.6 Å². The Kier molecular flexibility index (Phi) is 6.81. The third-order valence-corrected chi connectivity index (χ3v) is 4.20. The first-order valence-corrected chi connectivity index (χ1v) is 10.1. The molecule has 0 aliphatic rings. The van der Waals surface area contributed by atoms with E-state index in [1.807, 2.05) is 0 Å². The average Bonchev–Trinajstić information content (AvgIpc) is 2.58. The van der Waals surface area contributed by atoms with Crippen molar-refractivity contribution in [3.05, 3.63) is 58.6 Å². The molecular weight excluding hydrogens is 394 g/mol. The molecule has 0 heterocycles. The maximum atomic E-state index is 12.0. The number of aryl methyl sites for hydroxylation is 1. The van der Waals surface area contributed by atoms with Gasteiger partial charge < -0.3 is 9.47 Å². The molecule has 0 fully saturated rings. The molecule has 0 unspecified atom stereocenters. The quantitative estimate of drug-likeness (QED) is 0.529. The predicted molar refractivity (Wildman–Crippen MR) is 102 cm³/mol. The normalized spacial score (nSPS) is 10.9. The summed E-state index contributed by atoms with van der Waals surface area (Å²) < 4.78 is 34.8. The van der Waals surface area contributed by atoms with Crippen LogP contribution in [0.1, 0.15) is 15.9 Å². The van der Waals surface area contributed by atoms with E-state index in [1.165, 1.54) is 24.3 Å². The number of esters is 1. The van der Waals surface area contributed by atoms with Gasteiger partial charge in [0.1, 0.15) is 5.75 Å². The summed E-state index contributed by atoms with van der Waals surface area (Å²) in [7, 11) is -3.39. The van der Waals surface area contributed by atoms with Crippen LogP contribution in [0.5, 0.6) is 5.75 Å². The summed E-state index contributed by atoms with van der Waals surface area (Å²) in [6.07, 6.45) is 1.03. The lowest BCUT2D eigenvalue weighted by Gasteiger charge is -2.09. The lowest BCUT2D eigenvalue weighted by Crippen LogP contribution is -2.19. The Hall–Kier alpha value is -2.58. The Bertz CT molecular complexity index is 941. The van der Waals surface area contributed by atoms with Crippen molar-refractivity contribution in [2.45, 2.75) is 6.92 Å². The molecule has 2 rings (SSSR count).